The van der Waals surface area contributed by atoms with Crippen molar-refractivity contribution in [1.29, 1.82) is 0 Å². The minimum absolute atomic E-state index is 0.0281. The fourth-order valence-electron chi connectivity index (χ4n) is 5.74. The Hall–Kier alpha value is -2.45. The number of ether oxygens (including phenoxy) is 2. The number of phosphoric acid groups is 1. The van der Waals surface area contributed by atoms with Crippen molar-refractivity contribution in [3.8, 4) is 0 Å². The zero-order valence-corrected chi connectivity index (χ0v) is 34.5. The summed E-state index contributed by atoms with van der Waals surface area (Å²) in [5.41, 5.74) is 0. The van der Waals surface area contributed by atoms with Crippen LogP contribution in [0.15, 0.2) is 60.8 Å². The lowest BCUT2D eigenvalue weighted by Crippen LogP contribution is -2.64. The number of hydrogen-bond acceptors (Lipinski definition) is 12. The lowest BCUT2D eigenvalue weighted by Gasteiger charge is -2.41. The summed E-state index contributed by atoms with van der Waals surface area (Å²) in [6, 6.07) is 0. The smallest absolute Gasteiger partial charge is 0.462 e. The lowest BCUT2D eigenvalue weighted by atomic mass is 9.85. The molecule has 1 rings (SSSR count). The van der Waals surface area contributed by atoms with Gasteiger partial charge >= 0.3 is 19.8 Å². The maximum atomic E-state index is 12.7. The Morgan fingerprint density at radius 2 is 1.00 bits per heavy atom. The molecule has 14 heteroatoms. The van der Waals surface area contributed by atoms with Crippen LogP contribution in [0.4, 0.5) is 0 Å². The van der Waals surface area contributed by atoms with Gasteiger partial charge in [-0.2, -0.15) is 0 Å². The molecule has 0 amide bonds. The third kappa shape index (κ3) is 25.0. The van der Waals surface area contributed by atoms with E-state index in [9.17, 15) is 44.6 Å². The fraction of sp³-hybridized carbons (Fsp3) is 0.714. The maximum Gasteiger partial charge on any atom is 0.472 e. The summed E-state index contributed by atoms with van der Waals surface area (Å²) in [6.07, 6.45) is 24.7. The number of carbonyl (C=O) groups is 2. The Balaban J connectivity index is 2.55. The molecule has 13 nitrogen and oxygen atoms in total. The van der Waals surface area contributed by atoms with E-state index < -0.39 is 75.7 Å². The van der Waals surface area contributed by atoms with E-state index in [0.29, 0.717) is 19.3 Å². The molecule has 56 heavy (non-hydrogen) atoms. The maximum absolute atomic E-state index is 12.7. The van der Waals surface area contributed by atoms with Crippen molar-refractivity contribution in [2.24, 2.45) is 0 Å². The number of aliphatic hydroxyl groups is 5. The average Bonchev–Trinajstić information content (AvgIpc) is 3.18. The normalized spacial score (nSPS) is 23.5. The van der Waals surface area contributed by atoms with Crippen molar-refractivity contribution < 1.29 is 63.1 Å². The highest BCUT2D eigenvalue weighted by molar-refractivity contribution is 7.47. The molecule has 0 heterocycles. The lowest BCUT2D eigenvalue weighted by molar-refractivity contribution is -0.220. The molecule has 0 bridgehead atoms. The predicted octanol–water partition coefficient (Wildman–Crippen LogP) is 6.99. The molecule has 322 valence electrons. The van der Waals surface area contributed by atoms with Crippen molar-refractivity contribution in [3.63, 3.8) is 0 Å². The van der Waals surface area contributed by atoms with E-state index in [1.165, 1.54) is 38.5 Å². The SMILES string of the molecule is CCCCC/C=C/C/C=C/C/C=C/C/C=C/C/C=C/CCC(=O)O[C@H](COC(=O)CCCCCCCCCC)COP(=O)(O)OC1C(O)C(O)C(O)[C@H](O)C1O. The molecule has 8 atom stereocenters. The van der Waals surface area contributed by atoms with Crippen molar-refractivity contribution in [2.75, 3.05) is 13.2 Å². The van der Waals surface area contributed by atoms with Crippen LogP contribution in [0.1, 0.15) is 136 Å². The molecule has 0 saturated heterocycles. The zero-order valence-electron chi connectivity index (χ0n) is 33.7. The minimum Gasteiger partial charge on any atom is -0.462 e. The van der Waals surface area contributed by atoms with Gasteiger partial charge in [0.05, 0.1) is 6.61 Å². The summed E-state index contributed by atoms with van der Waals surface area (Å²) < 4.78 is 33.2. The van der Waals surface area contributed by atoms with Gasteiger partial charge in [0.1, 0.15) is 43.2 Å². The van der Waals surface area contributed by atoms with Gasteiger partial charge in [0, 0.05) is 12.8 Å². The van der Waals surface area contributed by atoms with Crippen LogP contribution in [-0.4, -0.2) is 98.3 Å². The summed E-state index contributed by atoms with van der Waals surface area (Å²) >= 11 is 0. The van der Waals surface area contributed by atoms with Gasteiger partial charge < -0.3 is 39.9 Å². The molecule has 1 saturated carbocycles. The largest absolute Gasteiger partial charge is 0.472 e. The molecule has 0 radical (unpaired) electrons. The molecule has 6 N–H and O–H groups in total. The topological polar surface area (TPSA) is 210 Å². The molecule has 6 unspecified atom stereocenters. The van der Waals surface area contributed by atoms with Crippen LogP contribution in [0, 0.1) is 0 Å². The first-order valence-corrected chi connectivity index (χ1v) is 22.1. The summed E-state index contributed by atoms with van der Waals surface area (Å²) in [6.45, 7) is 3.13. The molecule has 1 aliphatic rings. The molecule has 0 aromatic carbocycles. The molecule has 0 aromatic heterocycles. The Kier molecular flexibility index (Phi) is 29.9. The highest BCUT2D eigenvalue weighted by atomic mass is 31.2. The summed E-state index contributed by atoms with van der Waals surface area (Å²) in [7, 11) is -5.13. The number of carbonyl (C=O) groups excluding carboxylic acids is 2. The zero-order chi connectivity index (χ0) is 41.4. The van der Waals surface area contributed by atoms with E-state index >= 15 is 0 Å². The number of rotatable bonds is 32. The Morgan fingerprint density at radius 3 is 1.54 bits per heavy atom. The highest BCUT2D eigenvalue weighted by Crippen LogP contribution is 2.47. The van der Waals surface area contributed by atoms with Gasteiger partial charge in [-0.1, -0.05) is 132 Å². The van der Waals surface area contributed by atoms with Gasteiger partial charge in [-0.05, 0) is 51.4 Å². The highest BCUT2D eigenvalue weighted by Gasteiger charge is 2.51. The average molecular weight is 815 g/mol. The summed E-state index contributed by atoms with van der Waals surface area (Å²) in [5.74, 6) is -1.21. The van der Waals surface area contributed by atoms with E-state index in [0.717, 1.165) is 51.4 Å². The second-order valence-corrected chi connectivity index (χ2v) is 15.5. The van der Waals surface area contributed by atoms with Crippen molar-refractivity contribution >= 4 is 19.8 Å². The van der Waals surface area contributed by atoms with E-state index in [1.807, 2.05) is 18.2 Å². The molecule has 0 aliphatic heterocycles. The Morgan fingerprint density at radius 1 is 0.554 bits per heavy atom. The van der Waals surface area contributed by atoms with Crippen LogP contribution in [0.5, 0.6) is 0 Å². The Bertz CT molecular complexity index is 1220. The quantitative estimate of drug-likeness (QED) is 0.0175. The second kappa shape index (κ2) is 32.5. The summed E-state index contributed by atoms with van der Waals surface area (Å²) in [5, 5.41) is 49.9. The first-order chi connectivity index (χ1) is 26.9. The number of aliphatic hydroxyl groups excluding tert-OH is 5. The number of esters is 2. The standard InChI is InChI=1S/C42H71O13P/c1-3-5-7-9-11-13-14-15-16-17-18-19-20-21-22-23-25-27-29-31-36(44)54-34(32-52-35(43)30-28-26-24-12-10-8-6-4-2)33-53-56(50,51)55-42-40(48)38(46)37(45)39(47)41(42)49/h11,13,15-16,18-19,21-22,25,27,34,37-42,45-49H,3-10,12,14,17,20,23-24,26,28-33H2,1-2H3,(H,50,51)/b13-11+,16-15+,19-18+,22-21+,27-25+/t34-,37?,38+,39?,40?,41?,42?/m1/s1. The first-order valence-electron chi connectivity index (χ1n) is 20.6. The van der Waals surface area contributed by atoms with Crippen LogP contribution in [0.3, 0.4) is 0 Å². The third-order valence-corrected chi connectivity index (χ3v) is 10.1. The van der Waals surface area contributed by atoms with E-state index in [2.05, 4.69) is 56.4 Å². The molecular formula is C42H71O13P. The van der Waals surface area contributed by atoms with E-state index in [-0.39, 0.29) is 12.8 Å². The fourth-order valence-corrected chi connectivity index (χ4v) is 6.71. The van der Waals surface area contributed by atoms with Gasteiger partial charge in [0.15, 0.2) is 6.10 Å². The van der Waals surface area contributed by atoms with Crippen molar-refractivity contribution in [2.45, 2.75) is 179 Å². The third-order valence-electron chi connectivity index (χ3n) is 9.13. The van der Waals surface area contributed by atoms with Gasteiger partial charge in [0.2, 0.25) is 0 Å². The molecule has 1 aliphatic carbocycles. The number of hydrogen-bond donors (Lipinski definition) is 6. The van der Waals surface area contributed by atoms with E-state index in [1.54, 1.807) is 0 Å². The van der Waals surface area contributed by atoms with Crippen LogP contribution in [0.25, 0.3) is 0 Å². The van der Waals surface area contributed by atoms with E-state index in [4.69, 9.17) is 18.5 Å². The number of unbranched alkanes of at least 4 members (excludes halogenated alkanes) is 10. The minimum atomic E-state index is -5.13. The van der Waals surface area contributed by atoms with Crippen LogP contribution >= 0.6 is 7.82 Å². The predicted molar refractivity (Wildman–Crippen MR) is 216 cm³/mol. The van der Waals surface area contributed by atoms with Crippen LogP contribution in [-0.2, 0) is 32.7 Å². The number of allylic oxidation sites excluding steroid dienone is 10. The molecule has 0 spiro atoms. The van der Waals surface area contributed by atoms with Gasteiger partial charge in [-0.3, -0.25) is 18.6 Å². The molecule has 1 fully saturated rings. The van der Waals surface area contributed by atoms with Crippen molar-refractivity contribution in [3.05, 3.63) is 60.8 Å². The summed E-state index contributed by atoms with van der Waals surface area (Å²) in [4.78, 5) is 35.4. The first kappa shape index (κ1) is 51.6. The second-order valence-electron chi connectivity index (χ2n) is 14.1. The molecular weight excluding hydrogens is 743 g/mol. The van der Waals surface area contributed by atoms with Gasteiger partial charge in [-0.25, -0.2) is 4.57 Å². The van der Waals surface area contributed by atoms with Crippen molar-refractivity contribution in [1.82, 2.24) is 0 Å². The van der Waals surface area contributed by atoms with Gasteiger partial charge in [-0.15, -0.1) is 0 Å². The van der Waals surface area contributed by atoms with Gasteiger partial charge in [0.25, 0.3) is 0 Å². The monoisotopic (exact) mass is 814 g/mol. The number of phosphoric ester groups is 1. The molecule has 0 aromatic rings. The Labute approximate surface area is 334 Å². The van der Waals surface area contributed by atoms with Crippen LogP contribution < -0.4 is 0 Å². The van der Waals surface area contributed by atoms with Crippen LogP contribution in [0.2, 0.25) is 0 Å².